The Morgan fingerprint density at radius 2 is 2.25 bits per heavy atom. The van der Waals surface area contributed by atoms with E-state index in [9.17, 15) is 4.79 Å². The molecular formula is C11H12BrNO3. The third kappa shape index (κ3) is 2.29. The van der Waals surface area contributed by atoms with Crippen LogP contribution in [0.15, 0.2) is 18.2 Å². The molecule has 1 unspecified atom stereocenters. The molecule has 0 bridgehead atoms. The Bertz CT molecular complexity index is 408. The van der Waals surface area contributed by atoms with Gasteiger partial charge in [-0.15, -0.1) is 0 Å². The first-order valence-corrected chi connectivity index (χ1v) is 6.09. The lowest BCUT2D eigenvalue weighted by molar-refractivity contribution is 0.0943. The largest absolute Gasteiger partial charge is 0.454 e. The number of nitrogens with one attached hydrogen (secondary N) is 1. The van der Waals surface area contributed by atoms with Crippen molar-refractivity contribution >= 4 is 21.8 Å². The Hall–Kier alpha value is -1.23. The van der Waals surface area contributed by atoms with Gasteiger partial charge < -0.3 is 14.8 Å². The normalized spacial score (nSPS) is 14.6. The molecule has 1 aromatic rings. The number of carbonyl (C=O) groups excluding carboxylic acids is 1. The number of hydrogen-bond acceptors (Lipinski definition) is 3. The standard InChI is InChI=1S/C11H12BrNO3/c1-7(5-12)13-11(14)8-2-3-9-10(4-8)16-6-15-9/h2-4,7H,5-6H2,1H3,(H,13,14). The molecule has 0 fully saturated rings. The summed E-state index contributed by atoms with van der Waals surface area (Å²) in [4.78, 5) is 11.8. The molecule has 1 N–H and O–H groups in total. The Balaban J connectivity index is 2.12. The summed E-state index contributed by atoms with van der Waals surface area (Å²) in [6.07, 6.45) is 0. The van der Waals surface area contributed by atoms with E-state index < -0.39 is 0 Å². The van der Waals surface area contributed by atoms with E-state index in [0.717, 1.165) is 5.33 Å². The molecule has 0 saturated carbocycles. The smallest absolute Gasteiger partial charge is 0.251 e. The molecule has 0 aliphatic carbocycles. The zero-order valence-corrected chi connectivity index (χ0v) is 10.4. The number of halogens is 1. The van der Waals surface area contributed by atoms with Crippen LogP contribution in [-0.2, 0) is 0 Å². The molecule has 1 aromatic carbocycles. The number of ether oxygens (including phenoxy) is 2. The fourth-order valence-corrected chi connectivity index (χ4v) is 1.55. The molecule has 0 spiro atoms. The second kappa shape index (κ2) is 4.74. The molecule has 1 aliphatic rings. The number of alkyl halides is 1. The van der Waals surface area contributed by atoms with Gasteiger partial charge in [0.05, 0.1) is 0 Å². The third-order valence-electron chi connectivity index (χ3n) is 2.24. The fraction of sp³-hybridized carbons (Fsp3) is 0.364. The number of amides is 1. The van der Waals surface area contributed by atoms with E-state index in [1.807, 2.05) is 6.92 Å². The van der Waals surface area contributed by atoms with Gasteiger partial charge in [-0.25, -0.2) is 0 Å². The predicted molar refractivity (Wildman–Crippen MR) is 63.3 cm³/mol. The first-order chi connectivity index (χ1) is 7.70. The minimum atomic E-state index is -0.106. The van der Waals surface area contributed by atoms with Crippen molar-refractivity contribution in [1.29, 1.82) is 0 Å². The van der Waals surface area contributed by atoms with Crippen LogP contribution >= 0.6 is 15.9 Å². The average molecular weight is 286 g/mol. The molecule has 4 nitrogen and oxygen atoms in total. The van der Waals surface area contributed by atoms with Gasteiger partial charge in [-0.3, -0.25) is 4.79 Å². The van der Waals surface area contributed by atoms with E-state index in [0.29, 0.717) is 17.1 Å². The van der Waals surface area contributed by atoms with Crippen molar-refractivity contribution in [3.05, 3.63) is 23.8 Å². The van der Waals surface area contributed by atoms with Crippen LogP contribution in [0.25, 0.3) is 0 Å². The van der Waals surface area contributed by atoms with Gasteiger partial charge in [0, 0.05) is 16.9 Å². The van der Waals surface area contributed by atoms with E-state index >= 15 is 0 Å². The van der Waals surface area contributed by atoms with E-state index in [1.54, 1.807) is 18.2 Å². The summed E-state index contributed by atoms with van der Waals surface area (Å²) in [6.45, 7) is 2.15. The van der Waals surface area contributed by atoms with Crippen LogP contribution in [0.3, 0.4) is 0 Å². The molecule has 16 heavy (non-hydrogen) atoms. The number of hydrogen-bond donors (Lipinski definition) is 1. The highest BCUT2D eigenvalue weighted by Gasteiger charge is 2.16. The number of rotatable bonds is 3. The first-order valence-electron chi connectivity index (χ1n) is 4.97. The molecule has 1 heterocycles. The molecule has 5 heteroatoms. The zero-order valence-electron chi connectivity index (χ0n) is 8.83. The van der Waals surface area contributed by atoms with Gasteiger partial charge in [0.15, 0.2) is 11.5 Å². The zero-order chi connectivity index (χ0) is 11.5. The topological polar surface area (TPSA) is 47.6 Å². The molecule has 1 atom stereocenters. The van der Waals surface area contributed by atoms with Crippen molar-refractivity contribution in [1.82, 2.24) is 5.32 Å². The van der Waals surface area contributed by atoms with Crippen molar-refractivity contribution in [2.45, 2.75) is 13.0 Å². The Morgan fingerprint density at radius 3 is 3.00 bits per heavy atom. The third-order valence-corrected chi connectivity index (χ3v) is 3.21. The Labute approximate surface area is 102 Å². The van der Waals surface area contributed by atoms with E-state index in [1.165, 1.54) is 0 Å². The van der Waals surface area contributed by atoms with Gasteiger partial charge in [-0.2, -0.15) is 0 Å². The van der Waals surface area contributed by atoms with Crippen molar-refractivity contribution in [2.24, 2.45) is 0 Å². The summed E-state index contributed by atoms with van der Waals surface area (Å²) in [5.41, 5.74) is 0.581. The highest BCUT2D eigenvalue weighted by atomic mass is 79.9. The van der Waals surface area contributed by atoms with Crippen LogP contribution in [0.2, 0.25) is 0 Å². The van der Waals surface area contributed by atoms with Crippen LogP contribution < -0.4 is 14.8 Å². The average Bonchev–Trinajstić information content (AvgIpc) is 2.75. The summed E-state index contributed by atoms with van der Waals surface area (Å²) >= 11 is 3.31. The minimum absolute atomic E-state index is 0.0953. The van der Waals surface area contributed by atoms with Crippen LogP contribution in [0, 0.1) is 0 Å². The molecule has 0 radical (unpaired) electrons. The highest BCUT2D eigenvalue weighted by molar-refractivity contribution is 9.09. The van der Waals surface area contributed by atoms with Gasteiger partial charge in [0.2, 0.25) is 6.79 Å². The lowest BCUT2D eigenvalue weighted by atomic mass is 10.2. The molecule has 86 valence electrons. The van der Waals surface area contributed by atoms with E-state index in [-0.39, 0.29) is 18.7 Å². The molecule has 2 rings (SSSR count). The molecule has 1 amide bonds. The van der Waals surface area contributed by atoms with Crippen LogP contribution in [-0.4, -0.2) is 24.1 Å². The lowest BCUT2D eigenvalue weighted by Gasteiger charge is -2.10. The Kier molecular flexibility index (Phi) is 3.33. The highest BCUT2D eigenvalue weighted by Crippen LogP contribution is 2.32. The quantitative estimate of drug-likeness (QED) is 0.864. The van der Waals surface area contributed by atoms with Crippen molar-refractivity contribution in [2.75, 3.05) is 12.1 Å². The maximum Gasteiger partial charge on any atom is 0.251 e. The Morgan fingerprint density at radius 1 is 1.50 bits per heavy atom. The van der Waals surface area contributed by atoms with Gasteiger partial charge in [-0.1, -0.05) is 15.9 Å². The molecule has 0 aromatic heterocycles. The molecular weight excluding hydrogens is 274 g/mol. The van der Waals surface area contributed by atoms with E-state index in [4.69, 9.17) is 9.47 Å². The minimum Gasteiger partial charge on any atom is -0.454 e. The monoisotopic (exact) mass is 285 g/mol. The van der Waals surface area contributed by atoms with E-state index in [2.05, 4.69) is 21.2 Å². The van der Waals surface area contributed by atoms with Gasteiger partial charge in [-0.05, 0) is 25.1 Å². The fourth-order valence-electron chi connectivity index (χ4n) is 1.38. The summed E-state index contributed by atoms with van der Waals surface area (Å²) < 4.78 is 10.4. The van der Waals surface area contributed by atoms with Gasteiger partial charge in [0.1, 0.15) is 0 Å². The second-order valence-corrected chi connectivity index (χ2v) is 4.24. The lowest BCUT2D eigenvalue weighted by Crippen LogP contribution is -2.33. The first kappa shape index (κ1) is 11.3. The molecule has 1 aliphatic heterocycles. The maximum absolute atomic E-state index is 11.8. The molecule has 0 saturated heterocycles. The predicted octanol–water partition coefficient (Wildman–Crippen LogP) is 1.93. The summed E-state index contributed by atoms with van der Waals surface area (Å²) in [6, 6.07) is 5.26. The second-order valence-electron chi connectivity index (χ2n) is 3.60. The number of carbonyl (C=O) groups is 1. The van der Waals surface area contributed by atoms with Crippen LogP contribution in [0.4, 0.5) is 0 Å². The van der Waals surface area contributed by atoms with Gasteiger partial charge in [0.25, 0.3) is 5.91 Å². The van der Waals surface area contributed by atoms with Crippen molar-refractivity contribution < 1.29 is 14.3 Å². The van der Waals surface area contributed by atoms with Crippen molar-refractivity contribution in [3.8, 4) is 11.5 Å². The van der Waals surface area contributed by atoms with Crippen LogP contribution in [0.5, 0.6) is 11.5 Å². The van der Waals surface area contributed by atoms with Crippen molar-refractivity contribution in [3.63, 3.8) is 0 Å². The summed E-state index contributed by atoms with van der Waals surface area (Å²) in [5, 5.41) is 3.58. The number of fused-ring (bicyclic) bond motifs is 1. The summed E-state index contributed by atoms with van der Waals surface area (Å²) in [7, 11) is 0. The maximum atomic E-state index is 11.8. The SMILES string of the molecule is CC(CBr)NC(=O)c1ccc2c(c1)OCO2. The van der Waals surface area contributed by atoms with Gasteiger partial charge >= 0.3 is 0 Å². The number of benzene rings is 1. The van der Waals surface area contributed by atoms with Crippen LogP contribution in [0.1, 0.15) is 17.3 Å². The summed E-state index contributed by atoms with van der Waals surface area (Å²) in [5.74, 6) is 1.20.